The highest BCUT2D eigenvalue weighted by molar-refractivity contribution is 7.89. The van der Waals surface area contributed by atoms with Gasteiger partial charge >= 0.3 is 0 Å². The van der Waals surface area contributed by atoms with Crippen LogP contribution in [0.2, 0.25) is 0 Å². The van der Waals surface area contributed by atoms with Gasteiger partial charge in [-0.1, -0.05) is 0 Å². The van der Waals surface area contributed by atoms with E-state index in [2.05, 4.69) is 27.3 Å². The summed E-state index contributed by atoms with van der Waals surface area (Å²) in [7, 11) is -3.81. The molecule has 0 amide bonds. The summed E-state index contributed by atoms with van der Waals surface area (Å²) in [6.07, 6.45) is 5.33. The van der Waals surface area contributed by atoms with Crippen molar-refractivity contribution in [1.29, 1.82) is 0 Å². The summed E-state index contributed by atoms with van der Waals surface area (Å²) in [5.74, 6) is 1.08. The van der Waals surface area contributed by atoms with Crippen molar-refractivity contribution in [3.05, 3.63) is 72.3 Å². The molecule has 0 unspecified atom stereocenters. The Kier molecular flexibility index (Phi) is 5.86. The summed E-state index contributed by atoms with van der Waals surface area (Å²) in [4.78, 5) is 9.52. The van der Waals surface area contributed by atoms with Crippen LogP contribution in [0.3, 0.4) is 0 Å². The normalized spacial score (nSPS) is 14.9. The second kappa shape index (κ2) is 9.22. The van der Waals surface area contributed by atoms with Crippen LogP contribution in [0.25, 0.3) is 32.8 Å². The van der Waals surface area contributed by atoms with Gasteiger partial charge in [-0.25, -0.2) is 18.5 Å². The molecular formula is C27H25N5O4S. The van der Waals surface area contributed by atoms with E-state index < -0.39 is 10.0 Å². The number of hydrogen-bond acceptors (Lipinski definition) is 7. The zero-order chi connectivity index (χ0) is 25.6. The monoisotopic (exact) mass is 515 g/mol. The van der Waals surface area contributed by atoms with E-state index in [1.54, 1.807) is 18.3 Å². The van der Waals surface area contributed by atoms with E-state index >= 15 is 0 Å². The van der Waals surface area contributed by atoms with Crippen LogP contribution >= 0.6 is 0 Å². The average molecular weight is 516 g/mol. The number of nitrogens with two attached hydrogens (primary N) is 1. The zero-order valence-corrected chi connectivity index (χ0v) is 21.0. The number of primary sulfonamides is 1. The van der Waals surface area contributed by atoms with Crippen molar-refractivity contribution in [3.8, 4) is 22.8 Å². The van der Waals surface area contributed by atoms with Gasteiger partial charge in [0.25, 0.3) is 0 Å². The number of aromatic amines is 1. The summed E-state index contributed by atoms with van der Waals surface area (Å²) < 4.78 is 35.3. The molecule has 6 rings (SSSR count). The van der Waals surface area contributed by atoms with Crippen molar-refractivity contribution in [2.75, 3.05) is 13.2 Å². The average Bonchev–Trinajstić information content (AvgIpc) is 3.35. The maximum absolute atomic E-state index is 11.7. The number of pyridine rings is 2. The summed E-state index contributed by atoms with van der Waals surface area (Å²) in [5.41, 5.74) is 4.81. The number of aromatic nitrogens is 4. The third-order valence-corrected chi connectivity index (χ3v) is 7.65. The molecule has 2 aromatic carbocycles. The smallest absolute Gasteiger partial charge is 0.238 e. The maximum atomic E-state index is 11.7. The predicted octanol–water partition coefficient (Wildman–Crippen LogP) is 4.82. The lowest BCUT2D eigenvalue weighted by atomic mass is 9.87. The van der Waals surface area contributed by atoms with Gasteiger partial charge in [0.2, 0.25) is 15.9 Å². The Hall–Kier alpha value is -3.86. The van der Waals surface area contributed by atoms with E-state index in [9.17, 15) is 8.42 Å². The zero-order valence-electron chi connectivity index (χ0n) is 20.1. The number of H-pyrrole nitrogens is 1. The van der Waals surface area contributed by atoms with E-state index in [0.29, 0.717) is 24.8 Å². The van der Waals surface area contributed by atoms with Gasteiger partial charge in [0, 0.05) is 47.4 Å². The fraction of sp³-hybridized carbons (Fsp3) is 0.222. The summed E-state index contributed by atoms with van der Waals surface area (Å²) in [6, 6.07) is 14.2. The lowest BCUT2D eigenvalue weighted by molar-refractivity contribution is 0.0845. The van der Waals surface area contributed by atoms with E-state index in [4.69, 9.17) is 19.6 Å². The van der Waals surface area contributed by atoms with Crippen LogP contribution in [0.1, 0.15) is 30.1 Å². The molecule has 1 saturated heterocycles. The van der Waals surface area contributed by atoms with Crippen molar-refractivity contribution < 1.29 is 17.9 Å². The van der Waals surface area contributed by atoms with Gasteiger partial charge in [-0.2, -0.15) is 5.10 Å². The lowest BCUT2D eigenvalue weighted by Gasteiger charge is -2.26. The Morgan fingerprint density at radius 2 is 1.84 bits per heavy atom. The fourth-order valence-electron chi connectivity index (χ4n) is 4.90. The molecule has 0 saturated carbocycles. The first-order chi connectivity index (χ1) is 17.9. The number of nitrogens with zero attached hydrogens (tertiary/aromatic N) is 3. The first kappa shape index (κ1) is 23.5. The number of nitrogens with one attached hydrogen (secondary N) is 1. The molecule has 37 heavy (non-hydrogen) atoms. The quantitative estimate of drug-likeness (QED) is 0.343. The van der Waals surface area contributed by atoms with Gasteiger partial charge in [0.05, 0.1) is 22.3 Å². The molecule has 9 nitrogen and oxygen atoms in total. The minimum Gasteiger partial charge on any atom is -0.438 e. The Labute approximate surface area is 213 Å². The standard InChI is InChI=1S/C27H25N5O4S/c1-16-12-18(6-9-29-16)25-22-13-19-15-30-32-24(19)14-23(22)27(31-26(25)17-7-10-35-11-8-17)36-20-2-4-21(5-3-20)37(28,33)34/h2-6,9,12-15,17H,7-8,10-11H2,1H3,(H,30,32)(H2,28,33,34). The molecule has 1 aliphatic heterocycles. The molecule has 3 N–H and O–H groups in total. The number of fused-ring (bicyclic) bond motifs is 2. The highest BCUT2D eigenvalue weighted by Gasteiger charge is 2.26. The minimum atomic E-state index is -3.81. The first-order valence-corrected chi connectivity index (χ1v) is 13.5. The topological polar surface area (TPSA) is 133 Å². The van der Waals surface area contributed by atoms with Gasteiger partial charge in [0.1, 0.15) is 5.75 Å². The third kappa shape index (κ3) is 4.55. The van der Waals surface area contributed by atoms with Gasteiger partial charge < -0.3 is 9.47 Å². The Bertz CT molecular complexity index is 1730. The van der Waals surface area contributed by atoms with Crippen LogP contribution < -0.4 is 9.88 Å². The highest BCUT2D eigenvalue weighted by Crippen LogP contribution is 2.43. The van der Waals surface area contributed by atoms with Crippen molar-refractivity contribution in [2.24, 2.45) is 5.14 Å². The molecule has 1 fully saturated rings. The molecule has 0 bridgehead atoms. The van der Waals surface area contributed by atoms with Crippen molar-refractivity contribution in [3.63, 3.8) is 0 Å². The maximum Gasteiger partial charge on any atom is 0.238 e. The van der Waals surface area contributed by atoms with E-state index in [-0.39, 0.29) is 10.8 Å². The van der Waals surface area contributed by atoms with E-state index in [1.165, 1.54) is 12.1 Å². The van der Waals surface area contributed by atoms with E-state index in [0.717, 1.165) is 57.0 Å². The van der Waals surface area contributed by atoms with Crippen molar-refractivity contribution >= 4 is 31.7 Å². The van der Waals surface area contributed by atoms with Crippen molar-refractivity contribution in [1.82, 2.24) is 20.2 Å². The minimum absolute atomic E-state index is 0.0168. The van der Waals surface area contributed by atoms with Crippen LogP contribution in [-0.4, -0.2) is 41.8 Å². The number of benzene rings is 2. The number of ether oxygens (including phenoxy) is 2. The second-order valence-corrected chi connectivity index (χ2v) is 10.8. The van der Waals surface area contributed by atoms with Crippen LogP contribution in [0.5, 0.6) is 11.6 Å². The lowest BCUT2D eigenvalue weighted by Crippen LogP contribution is -2.16. The Morgan fingerprint density at radius 1 is 1.05 bits per heavy atom. The molecule has 5 aromatic rings. The fourth-order valence-corrected chi connectivity index (χ4v) is 5.41. The second-order valence-electron chi connectivity index (χ2n) is 9.22. The van der Waals surface area contributed by atoms with Gasteiger partial charge in [-0.05, 0) is 79.2 Å². The third-order valence-electron chi connectivity index (χ3n) is 6.72. The summed E-state index contributed by atoms with van der Waals surface area (Å²) >= 11 is 0. The Balaban J connectivity index is 1.60. The molecule has 3 aromatic heterocycles. The molecule has 0 atom stereocenters. The SMILES string of the molecule is Cc1cc(-c2c(C3CCOCC3)nc(Oc3ccc(S(N)(=O)=O)cc3)c3cc4[nH]ncc4cc23)ccn1. The Morgan fingerprint density at radius 3 is 2.57 bits per heavy atom. The van der Waals surface area contributed by atoms with Crippen molar-refractivity contribution in [2.45, 2.75) is 30.6 Å². The number of sulfonamides is 1. The molecule has 0 spiro atoms. The number of aryl methyl sites for hydroxylation is 1. The molecule has 0 radical (unpaired) electrons. The molecule has 188 valence electrons. The number of rotatable bonds is 5. The number of hydrogen-bond donors (Lipinski definition) is 2. The van der Waals surface area contributed by atoms with Gasteiger partial charge in [-0.15, -0.1) is 0 Å². The van der Waals surface area contributed by atoms with Crippen LogP contribution in [-0.2, 0) is 14.8 Å². The largest absolute Gasteiger partial charge is 0.438 e. The molecule has 10 heteroatoms. The molecule has 0 aliphatic carbocycles. The van der Waals surface area contributed by atoms with E-state index in [1.807, 2.05) is 25.3 Å². The van der Waals surface area contributed by atoms with Crippen LogP contribution in [0.15, 0.2) is 65.8 Å². The molecular weight excluding hydrogens is 490 g/mol. The van der Waals surface area contributed by atoms with Crippen LogP contribution in [0, 0.1) is 6.92 Å². The molecule has 1 aliphatic rings. The highest BCUT2D eigenvalue weighted by atomic mass is 32.2. The van der Waals surface area contributed by atoms with Gasteiger partial charge in [-0.3, -0.25) is 10.1 Å². The van der Waals surface area contributed by atoms with Gasteiger partial charge in [0.15, 0.2) is 0 Å². The summed E-state index contributed by atoms with van der Waals surface area (Å²) in [6.45, 7) is 3.32. The first-order valence-electron chi connectivity index (χ1n) is 12.0. The molecule has 4 heterocycles. The summed E-state index contributed by atoms with van der Waals surface area (Å²) in [5, 5.41) is 15.3. The van der Waals surface area contributed by atoms with Crippen LogP contribution in [0.4, 0.5) is 0 Å². The predicted molar refractivity (Wildman–Crippen MR) is 140 cm³/mol.